The van der Waals surface area contributed by atoms with Gasteiger partial charge in [0.1, 0.15) is 30.5 Å². The van der Waals surface area contributed by atoms with Crippen LogP contribution in [0.5, 0.6) is 17.5 Å². The number of pyridine rings is 1. The molecule has 3 aromatic heterocycles. The normalized spacial score (nSPS) is 24.4. The third kappa shape index (κ3) is 6.76. The Balaban J connectivity index is 1.12. The molecule has 0 radical (unpaired) electrons. The molecule has 0 amide bonds. The lowest BCUT2D eigenvalue weighted by Gasteiger charge is -2.27. The van der Waals surface area contributed by atoms with Gasteiger partial charge in [0.2, 0.25) is 17.7 Å². The number of rotatable bonds is 10. The third-order valence-electron chi connectivity index (χ3n) is 7.91. The maximum Gasteiger partial charge on any atom is 0.395 e. The summed E-state index contributed by atoms with van der Waals surface area (Å²) in [6, 6.07) is 7.23. The summed E-state index contributed by atoms with van der Waals surface area (Å²) in [7, 11) is -1.18. The number of aliphatic hydroxyl groups is 2. The van der Waals surface area contributed by atoms with Crippen molar-refractivity contribution in [3.05, 3.63) is 36.7 Å². The van der Waals surface area contributed by atoms with E-state index in [0.29, 0.717) is 42.5 Å². The number of nitrogens with two attached hydrogens (primary N) is 1. The maximum atomic E-state index is 12.7. The number of aromatic nitrogens is 5. The van der Waals surface area contributed by atoms with Crippen molar-refractivity contribution < 1.29 is 48.1 Å². The molecule has 6 atom stereocenters. The standard InChI is InChI=1S/C29H34N7O10P/c1-15(26(38)44-16-9-11-42-12-10-16)35-47(40)46-19-6-4-5-18-17(19)7-8-21(32-18)43-13-20-23(37)29(2,39)27(45-20)36-14-31-22-24(36)33-28(30)34-25(22)41-3/h4-8,14-16,20,23,27,37,39H,9-13H2,1-3H3,(H2,30,33,34)/t15-,20+,23+,27?,29+/m0/s1. The highest BCUT2D eigenvalue weighted by atomic mass is 31.1. The van der Waals surface area contributed by atoms with Crippen molar-refractivity contribution in [3.63, 3.8) is 0 Å². The van der Waals surface area contributed by atoms with Crippen LogP contribution in [0.4, 0.5) is 5.95 Å². The van der Waals surface area contributed by atoms with E-state index in [2.05, 4.69) is 24.7 Å². The Bertz CT molecular complexity index is 1800. The minimum Gasteiger partial charge on any atom is -0.575 e. The van der Waals surface area contributed by atoms with Gasteiger partial charge in [0.25, 0.3) is 0 Å². The van der Waals surface area contributed by atoms with Crippen LogP contribution in [0.1, 0.15) is 32.9 Å². The molecule has 0 aliphatic carbocycles. The number of carbonyl (C=O) groups is 1. The smallest absolute Gasteiger partial charge is 0.395 e. The second-order valence-electron chi connectivity index (χ2n) is 11.3. The molecule has 2 fully saturated rings. The first-order chi connectivity index (χ1) is 22.5. The number of hydrogen-bond acceptors (Lipinski definition) is 16. The van der Waals surface area contributed by atoms with Gasteiger partial charge in [0.15, 0.2) is 29.2 Å². The summed E-state index contributed by atoms with van der Waals surface area (Å²) < 4.78 is 38.8. The van der Waals surface area contributed by atoms with E-state index >= 15 is 0 Å². The zero-order chi connectivity index (χ0) is 33.3. The van der Waals surface area contributed by atoms with Crippen LogP contribution < -0.4 is 24.6 Å². The number of ether oxygens (including phenoxy) is 5. The Kier molecular flexibility index (Phi) is 9.36. The van der Waals surface area contributed by atoms with Gasteiger partial charge in [0, 0.05) is 24.3 Å². The number of imidazole rings is 1. The maximum absolute atomic E-state index is 12.7. The van der Waals surface area contributed by atoms with Crippen molar-refractivity contribution in [2.24, 2.45) is 4.74 Å². The number of aliphatic hydroxyl groups excluding tert-OH is 1. The number of nitrogen functional groups attached to an aromatic ring is 1. The van der Waals surface area contributed by atoms with Crippen molar-refractivity contribution in [3.8, 4) is 17.5 Å². The number of hydrogen-bond donors (Lipinski definition) is 3. The molecule has 17 nitrogen and oxygen atoms in total. The summed E-state index contributed by atoms with van der Waals surface area (Å²) in [6.45, 7) is 3.81. The van der Waals surface area contributed by atoms with Crippen molar-refractivity contribution in [2.75, 3.05) is 32.7 Å². The number of benzene rings is 1. The molecule has 18 heteroatoms. The molecule has 4 aromatic rings. The van der Waals surface area contributed by atoms with Crippen LogP contribution in [0.2, 0.25) is 0 Å². The lowest BCUT2D eigenvalue weighted by atomic mass is 9.96. The number of anilines is 1. The highest BCUT2D eigenvalue weighted by molar-refractivity contribution is 7.34. The highest BCUT2D eigenvalue weighted by Crippen LogP contribution is 2.40. The zero-order valence-corrected chi connectivity index (χ0v) is 26.6. The molecule has 2 aliphatic heterocycles. The molecule has 4 N–H and O–H groups in total. The molecule has 2 aliphatic rings. The summed E-state index contributed by atoms with van der Waals surface area (Å²) in [5.41, 5.74) is 5.08. The number of methoxy groups -OCH3 is 1. The summed E-state index contributed by atoms with van der Waals surface area (Å²) in [5, 5.41) is 22.8. The van der Waals surface area contributed by atoms with Crippen molar-refractivity contribution in [1.82, 2.24) is 24.5 Å². The van der Waals surface area contributed by atoms with E-state index in [1.165, 1.54) is 31.9 Å². The molecule has 2 unspecified atom stereocenters. The molecule has 6 rings (SSSR count). The Labute approximate surface area is 269 Å². The second kappa shape index (κ2) is 13.5. The van der Waals surface area contributed by atoms with Crippen LogP contribution >= 0.6 is 8.17 Å². The molecule has 0 spiro atoms. The Hall–Kier alpha value is -4.25. The Morgan fingerprint density at radius 2 is 2.04 bits per heavy atom. The summed E-state index contributed by atoms with van der Waals surface area (Å²) in [4.78, 5) is 42.1. The van der Waals surface area contributed by atoms with Gasteiger partial charge in [-0.3, -0.25) is 9.09 Å². The molecular formula is C29H34N7O10P. The first-order valence-electron chi connectivity index (χ1n) is 14.8. The minimum absolute atomic E-state index is 0.0632. The number of fused-ring (bicyclic) bond motifs is 2. The van der Waals surface area contributed by atoms with Gasteiger partial charge in [0.05, 0.1) is 32.2 Å². The molecule has 250 valence electrons. The Morgan fingerprint density at radius 3 is 2.81 bits per heavy atom. The SMILES string of the molecule is COc1nc(N)nc2c1ncn2C1O[C@H](COc2ccc3c(O[P+]([O-])=N[C@@H](C)C(=O)OC4CCOCC4)cccc3n2)[C@@H](O)[C@@]1(C)O. The predicted octanol–water partition coefficient (Wildman–Crippen LogP) is 1.40. The Morgan fingerprint density at radius 1 is 1.26 bits per heavy atom. The van der Waals surface area contributed by atoms with Gasteiger partial charge in [-0.2, -0.15) is 9.97 Å². The van der Waals surface area contributed by atoms with Gasteiger partial charge in [-0.05, 0) is 32.0 Å². The summed E-state index contributed by atoms with van der Waals surface area (Å²) in [6.07, 6.45) is -1.07. The van der Waals surface area contributed by atoms with Gasteiger partial charge in [-0.15, -0.1) is 0 Å². The summed E-state index contributed by atoms with van der Waals surface area (Å²) in [5.74, 6) is -0.0377. The van der Waals surface area contributed by atoms with Crippen LogP contribution in [0.25, 0.3) is 22.1 Å². The molecule has 1 aromatic carbocycles. The monoisotopic (exact) mass is 671 g/mol. The fourth-order valence-corrected chi connectivity index (χ4v) is 6.14. The highest BCUT2D eigenvalue weighted by Gasteiger charge is 2.54. The van der Waals surface area contributed by atoms with E-state index in [4.69, 9.17) is 33.9 Å². The lowest BCUT2D eigenvalue weighted by Crippen LogP contribution is -2.44. The quantitative estimate of drug-likeness (QED) is 0.160. The van der Waals surface area contributed by atoms with Gasteiger partial charge in [-0.1, -0.05) is 10.8 Å². The average molecular weight is 672 g/mol. The van der Waals surface area contributed by atoms with Gasteiger partial charge in [-0.25, -0.2) is 14.8 Å². The van der Waals surface area contributed by atoms with Crippen LogP contribution in [0.15, 0.2) is 41.4 Å². The number of esters is 1. The second-order valence-corrected chi connectivity index (χ2v) is 12.2. The third-order valence-corrected chi connectivity index (χ3v) is 8.79. The van der Waals surface area contributed by atoms with E-state index in [-0.39, 0.29) is 41.8 Å². The van der Waals surface area contributed by atoms with Crippen LogP contribution in [0.3, 0.4) is 0 Å². The predicted molar refractivity (Wildman–Crippen MR) is 163 cm³/mol. The first kappa shape index (κ1) is 32.7. The minimum atomic E-state index is -2.60. The molecule has 0 bridgehead atoms. The van der Waals surface area contributed by atoms with Crippen LogP contribution in [-0.4, -0.2) is 97.6 Å². The lowest BCUT2D eigenvalue weighted by molar-refractivity contribution is -0.170. The number of nitrogens with zero attached hydrogens (tertiary/aromatic N) is 6. The molecular weight excluding hydrogens is 637 g/mol. The molecule has 47 heavy (non-hydrogen) atoms. The van der Waals surface area contributed by atoms with Crippen molar-refractivity contribution in [1.29, 1.82) is 0 Å². The van der Waals surface area contributed by atoms with Crippen molar-refractivity contribution in [2.45, 2.75) is 62.9 Å². The van der Waals surface area contributed by atoms with Crippen LogP contribution in [-0.2, 0) is 19.0 Å². The van der Waals surface area contributed by atoms with Gasteiger partial charge >= 0.3 is 14.1 Å². The van der Waals surface area contributed by atoms with Crippen molar-refractivity contribution >= 4 is 42.2 Å². The van der Waals surface area contributed by atoms with E-state index in [9.17, 15) is 19.9 Å². The fourth-order valence-electron chi connectivity index (χ4n) is 5.39. The molecule has 0 saturated carbocycles. The van der Waals surface area contributed by atoms with Gasteiger partial charge < -0.3 is 44.5 Å². The average Bonchev–Trinajstić information content (AvgIpc) is 3.56. The summed E-state index contributed by atoms with van der Waals surface area (Å²) >= 11 is 0. The topological polar surface area (TPSA) is 231 Å². The number of carbonyl (C=O) groups excluding carboxylic acids is 1. The van der Waals surface area contributed by atoms with E-state index in [0.717, 1.165) is 0 Å². The largest absolute Gasteiger partial charge is 0.575 e. The zero-order valence-electron chi connectivity index (χ0n) is 25.8. The molecule has 5 heterocycles. The fraction of sp³-hybridized carbons (Fsp3) is 0.483. The van der Waals surface area contributed by atoms with E-state index in [1.54, 1.807) is 30.3 Å². The van der Waals surface area contributed by atoms with E-state index in [1.807, 2.05) is 0 Å². The van der Waals surface area contributed by atoms with E-state index < -0.39 is 44.2 Å². The van der Waals surface area contributed by atoms with Crippen LogP contribution in [0, 0.1) is 0 Å². The molecule has 2 saturated heterocycles. The first-order valence-corrected chi connectivity index (χ1v) is 15.9.